The minimum Gasteiger partial charge on any atom is -0.264 e. The zero-order valence-electron chi connectivity index (χ0n) is 17.5. The van der Waals surface area contributed by atoms with Gasteiger partial charge in [-0.1, -0.05) is 67.0 Å². The van der Waals surface area contributed by atoms with Crippen LogP contribution in [0.15, 0.2) is 53.6 Å². The van der Waals surface area contributed by atoms with Gasteiger partial charge in [0.15, 0.2) is 5.41 Å². The molecule has 0 bridgehead atoms. The van der Waals surface area contributed by atoms with E-state index in [-0.39, 0.29) is 17.8 Å². The van der Waals surface area contributed by atoms with Gasteiger partial charge in [-0.2, -0.15) is 10.5 Å². The molecule has 0 aliphatic heterocycles. The Labute approximate surface area is 173 Å². The standard InChI is InChI=1S/C24H29N3O2/c1-4-5-6-10-14-23(17-25,18-26)22(21-11-8-7-9-12-21)24(27(28)29)15-13-19(2)20(3)16-24/h6-12,22H,4-5,13-16H2,1-3H3/b10-6+. The Kier molecular flexibility index (Phi) is 7.35. The summed E-state index contributed by atoms with van der Waals surface area (Å²) in [4.78, 5) is 12.3. The average molecular weight is 392 g/mol. The molecule has 1 aliphatic carbocycles. The summed E-state index contributed by atoms with van der Waals surface area (Å²) < 4.78 is 0. The van der Waals surface area contributed by atoms with Gasteiger partial charge in [0.2, 0.25) is 5.54 Å². The highest BCUT2D eigenvalue weighted by Gasteiger charge is 2.61. The minimum absolute atomic E-state index is 0.177. The van der Waals surface area contributed by atoms with E-state index in [4.69, 9.17) is 0 Å². The van der Waals surface area contributed by atoms with Crippen LogP contribution in [0.2, 0.25) is 0 Å². The first kappa shape index (κ1) is 22.4. The van der Waals surface area contributed by atoms with Crippen molar-refractivity contribution < 1.29 is 4.92 Å². The number of hydrogen-bond donors (Lipinski definition) is 0. The fourth-order valence-electron chi connectivity index (χ4n) is 4.44. The molecule has 152 valence electrons. The van der Waals surface area contributed by atoms with Crippen molar-refractivity contribution in [2.45, 2.75) is 70.8 Å². The molecule has 0 radical (unpaired) electrons. The molecule has 1 aromatic carbocycles. The van der Waals surface area contributed by atoms with Crippen molar-refractivity contribution in [1.82, 2.24) is 0 Å². The van der Waals surface area contributed by atoms with Crippen LogP contribution in [-0.4, -0.2) is 10.5 Å². The molecule has 5 nitrogen and oxygen atoms in total. The molecule has 2 unspecified atom stereocenters. The van der Waals surface area contributed by atoms with Crippen molar-refractivity contribution in [3.63, 3.8) is 0 Å². The second-order valence-corrected chi connectivity index (χ2v) is 8.10. The van der Waals surface area contributed by atoms with Crippen molar-refractivity contribution in [2.24, 2.45) is 5.41 Å². The molecule has 0 saturated heterocycles. The van der Waals surface area contributed by atoms with E-state index in [0.29, 0.717) is 18.4 Å². The van der Waals surface area contributed by atoms with Crippen LogP contribution in [0, 0.1) is 38.2 Å². The summed E-state index contributed by atoms with van der Waals surface area (Å²) in [5, 5.41) is 32.9. The Morgan fingerprint density at radius 3 is 2.38 bits per heavy atom. The fraction of sp³-hybridized carbons (Fsp3) is 0.500. The molecule has 0 amide bonds. The number of unbranched alkanes of at least 4 members (excludes halogenated alkanes) is 1. The summed E-state index contributed by atoms with van der Waals surface area (Å²) in [6, 6.07) is 13.5. The maximum absolute atomic E-state index is 12.5. The van der Waals surface area contributed by atoms with Crippen LogP contribution < -0.4 is 0 Å². The van der Waals surface area contributed by atoms with Crippen LogP contribution in [0.1, 0.15) is 70.8 Å². The molecule has 0 saturated carbocycles. The number of allylic oxidation sites excluding steroid dienone is 3. The van der Waals surface area contributed by atoms with Crippen molar-refractivity contribution in [1.29, 1.82) is 10.5 Å². The molecule has 0 spiro atoms. The zero-order chi connectivity index (χ0) is 21.5. The van der Waals surface area contributed by atoms with Gasteiger partial charge in [-0.15, -0.1) is 0 Å². The van der Waals surface area contributed by atoms with E-state index in [1.165, 1.54) is 0 Å². The fourth-order valence-corrected chi connectivity index (χ4v) is 4.44. The first-order valence-electron chi connectivity index (χ1n) is 10.2. The molecule has 1 aliphatic rings. The lowest BCUT2D eigenvalue weighted by Gasteiger charge is -2.41. The van der Waals surface area contributed by atoms with Crippen LogP contribution in [0.25, 0.3) is 0 Å². The van der Waals surface area contributed by atoms with Crippen LogP contribution in [0.5, 0.6) is 0 Å². The Bertz CT molecular complexity index is 860. The highest BCUT2D eigenvalue weighted by molar-refractivity contribution is 5.37. The summed E-state index contributed by atoms with van der Waals surface area (Å²) in [6.07, 6.45) is 6.99. The Morgan fingerprint density at radius 1 is 1.21 bits per heavy atom. The van der Waals surface area contributed by atoms with E-state index in [1.807, 2.05) is 56.3 Å². The lowest BCUT2D eigenvalue weighted by atomic mass is 9.58. The van der Waals surface area contributed by atoms with E-state index in [2.05, 4.69) is 19.1 Å². The van der Waals surface area contributed by atoms with E-state index in [9.17, 15) is 20.6 Å². The number of rotatable bonds is 8. The summed E-state index contributed by atoms with van der Waals surface area (Å²) in [7, 11) is 0. The summed E-state index contributed by atoms with van der Waals surface area (Å²) >= 11 is 0. The van der Waals surface area contributed by atoms with Crippen LogP contribution in [0.4, 0.5) is 0 Å². The lowest BCUT2D eigenvalue weighted by Crippen LogP contribution is -2.52. The van der Waals surface area contributed by atoms with Gasteiger partial charge < -0.3 is 0 Å². The maximum Gasteiger partial charge on any atom is 0.235 e. The van der Waals surface area contributed by atoms with Crippen molar-refractivity contribution >= 4 is 0 Å². The van der Waals surface area contributed by atoms with Gasteiger partial charge in [0.05, 0.1) is 18.1 Å². The lowest BCUT2D eigenvalue weighted by molar-refractivity contribution is -0.579. The summed E-state index contributed by atoms with van der Waals surface area (Å²) in [5.41, 5.74) is -0.0560. The van der Waals surface area contributed by atoms with Gasteiger partial charge in [0.1, 0.15) is 0 Å². The van der Waals surface area contributed by atoms with Crippen molar-refractivity contribution in [3.8, 4) is 12.1 Å². The van der Waals surface area contributed by atoms with E-state index in [1.54, 1.807) is 0 Å². The summed E-state index contributed by atoms with van der Waals surface area (Å²) in [6.45, 7) is 5.99. The number of hydrogen-bond acceptors (Lipinski definition) is 4. The molecule has 5 heteroatoms. The molecular formula is C24H29N3O2. The predicted octanol–water partition coefficient (Wildman–Crippen LogP) is 6.09. The third-order valence-electron chi connectivity index (χ3n) is 6.22. The highest BCUT2D eigenvalue weighted by Crippen LogP contribution is 2.53. The number of nitriles is 2. The second kappa shape index (κ2) is 9.52. The molecule has 0 N–H and O–H groups in total. The first-order valence-corrected chi connectivity index (χ1v) is 10.2. The minimum atomic E-state index is -1.51. The van der Waals surface area contributed by atoms with Crippen LogP contribution in [-0.2, 0) is 0 Å². The van der Waals surface area contributed by atoms with Crippen LogP contribution in [0.3, 0.4) is 0 Å². The average Bonchev–Trinajstić information content (AvgIpc) is 2.73. The van der Waals surface area contributed by atoms with E-state index >= 15 is 0 Å². The van der Waals surface area contributed by atoms with Gasteiger partial charge in [0.25, 0.3) is 0 Å². The molecule has 0 aromatic heterocycles. The smallest absolute Gasteiger partial charge is 0.235 e. The van der Waals surface area contributed by atoms with Gasteiger partial charge in [0, 0.05) is 17.8 Å². The monoisotopic (exact) mass is 391 g/mol. The normalized spacial score (nSPS) is 20.9. The van der Waals surface area contributed by atoms with Gasteiger partial charge in [-0.3, -0.25) is 10.1 Å². The molecule has 0 heterocycles. The maximum atomic E-state index is 12.5. The van der Waals surface area contributed by atoms with Crippen molar-refractivity contribution in [3.05, 3.63) is 69.3 Å². The SMILES string of the molecule is CCC/C=C/CC(C#N)(C#N)C(c1ccccc1)C1([N+](=O)[O-])CCC(C)=C(C)C1. The van der Waals surface area contributed by atoms with Crippen LogP contribution >= 0.6 is 0 Å². The first-order chi connectivity index (χ1) is 13.9. The second-order valence-electron chi connectivity index (χ2n) is 8.10. The predicted molar refractivity (Wildman–Crippen MR) is 113 cm³/mol. The number of benzene rings is 1. The Morgan fingerprint density at radius 2 is 1.86 bits per heavy atom. The Hall–Kier alpha value is -2.92. The molecule has 29 heavy (non-hydrogen) atoms. The molecule has 2 rings (SSSR count). The molecular weight excluding hydrogens is 362 g/mol. The van der Waals surface area contributed by atoms with Gasteiger partial charge in [-0.25, -0.2) is 0 Å². The largest absolute Gasteiger partial charge is 0.264 e. The van der Waals surface area contributed by atoms with E-state index < -0.39 is 16.9 Å². The third-order valence-corrected chi connectivity index (χ3v) is 6.22. The molecule has 2 atom stereocenters. The van der Waals surface area contributed by atoms with Crippen molar-refractivity contribution in [2.75, 3.05) is 0 Å². The highest BCUT2D eigenvalue weighted by atomic mass is 16.6. The van der Waals surface area contributed by atoms with Gasteiger partial charge >= 0.3 is 0 Å². The number of nitro groups is 1. The Balaban J connectivity index is 2.70. The molecule has 1 aromatic rings. The third kappa shape index (κ3) is 4.40. The van der Waals surface area contributed by atoms with Gasteiger partial charge in [-0.05, 0) is 38.7 Å². The number of nitrogens with zero attached hydrogens (tertiary/aromatic N) is 3. The molecule has 0 fully saturated rings. The summed E-state index contributed by atoms with van der Waals surface area (Å²) in [5.74, 6) is -0.824. The van der Waals surface area contributed by atoms with E-state index in [0.717, 1.165) is 24.0 Å². The zero-order valence-corrected chi connectivity index (χ0v) is 17.5. The quantitative estimate of drug-likeness (QED) is 0.305. The topological polar surface area (TPSA) is 90.7 Å².